The van der Waals surface area contributed by atoms with E-state index in [1.807, 2.05) is 19.9 Å². The number of rotatable bonds is 3. The van der Waals surface area contributed by atoms with Crippen molar-refractivity contribution in [2.24, 2.45) is 0 Å². The summed E-state index contributed by atoms with van der Waals surface area (Å²) in [5.74, 6) is 0.526. The number of ketones is 1. The van der Waals surface area contributed by atoms with E-state index in [-0.39, 0.29) is 11.4 Å². The predicted octanol–water partition coefficient (Wildman–Crippen LogP) is 3.07. The Morgan fingerprint density at radius 1 is 1.20 bits per heavy atom. The number of aryl methyl sites for hydroxylation is 2. The van der Waals surface area contributed by atoms with Crippen molar-refractivity contribution in [1.82, 2.24) is 0 Å². The van der Waals surface area contributed by atoms with E-state index in [0.717, 1.165) is 16.5 Å². The summed E-state index contributed by atoms with van der Waals surface area (Å²) >= 11 is 0. The van der Waals surface area contributed by atoms with E-state index in [1.54, 1.807) is 19.9 Å². The highest BCUT2D eigenvalue weighted by atomic mass is 16.5. The van der Waals surface area contributed by atoms with Gasteiger partial charge in [0, 0.05) is 5.56 Å². The molecular weight excluding hydrogens is 256 g/mol. The summed E-state index contributed by atoms with van der Waals surface area (Å²) in [5, 5.41) is 0.751. The highest BCUT2D eigenvalue weighted by Crippen LogP contribution is 2.31. The van der Waals surface area contributed by atoms with Crippen molar-refractivity contribution in [2.75, 3.05) is 0 Å². The molecule has 0 radical (unpaired) electrons. The molecule has 1 atom stereocenters. The monoisotopic (exact) mass is 274 g/mol. The van der Waals surface area contributed by atoms with Crippen LogP contribution in [0.5, 0.6) is 5.75 Å². The topological polar surface area (TPSA) is 56.5 Å². The Kier molecular flexibility index (Phi) is 3.66. The van der Waals surface area contributed by atoms with Crippen LogP contribution in [0.4, 0.5) is 0 Å². The van der Waals surface area contributed by atoms with Crippen molar-refractivity contribution in [3.8, 4) is 5.75 Å². The average Bonchev–Trinajstić information content (AvgIpc) is 2.35. The zero-order valence-electron chi connectivity index (χ0n) is 12.4. The second-order valence-electron chi connectivity index (χ2n) is 5.15. The van der Waals surface area contributed by atoms with Crippen molar-refractivity contribution in [1.29, 1.82) is 0 Å². The molecule has 0 N–H and O–H groups in total. The van der Waals surface area contributed by atoms with Gasteiger partial charge in [0.25, 0.3) is 0 Å². The predicted molar refractivity (Wildman–Crippen MR) is 77.5 cm³/mol. The van der Waals surface area contributed by atoms with Gasteiger partial charge in [0.1, 0.15) is 11.3 Å². The smallest absolute Gasteiger partial charge is 0.339 e. The quantitative estimate of drug-likeness (QED) is 0.807. The summed E-state index contributed by atoms with van der Waals surface area (Å²) in [6.07, 6.45) is -0.536. The summed E-state index contributed by atoms with van der Waals surface area (Å²) in [6, 6.07) is 3.66. The molecule has 1 aromatic heterocycles. The van der Waals surface area contributed by atoms with Gasteiger partial charge < -0.3 is 9.15 Å². The molecule has 0 amide bonds. The molecule has 0 saturated carbocycles. The van der Waals surface area contributed by atoms with E-state index in [0.29, 0.717) is 16.9 Å². The first-order valence-electron chi connectivity index (χ1n) is 6.53. The molecule has 0 spiro atoms. The number of hydrogen-bond donors (Lipinski definition) is 0. The normalized spacial score (nSPS) is 12.4. The Labute approximate surface area is 117 Å². The van der Waals surface area contributed by atoms with E-state index in [4.69, 9.17) is 9.15 Å². The molecule has 4 heteroatoms. The fourth-order valence-corrected chi connectivity index (χ4v) is 2.05. The van der Waals surface area contributed by atoms with Crippen LogP contribution in [-0.2, 0) is 4.79 Å². The second kappa shape index (κ2) is 5.12. The molecule has 2 aromatic rings. The fourth-order valence-electron chi connectivity index (χ4n) is 2.05. The largest absolute Gasteiger partial charge is 0.482 e. The molecule has 4 nitrogen and oxygen atoms in total. The summed E-state index contributed by atoms with van der Waals surface area (Å²) in [4.78, 5) is 23.1. The third kappa shape index (κ3) is 2.46. The lowest BCUT2D eigenvalue weighted by molar-refractivity contribution is -0.122. The van der Waals surface area contributed by atoms with E-state index in [9.17, 15) is 9.59 Å². The second-order valence-corrected chi connectivity index (χ2v) is 5.15. The van der Waals surface area contributed by atoms with Gasteiger partial charge in [-0.05, 0) is 57.9 Å². The van der Waals surface area contributed by atoms with Crippen LogP contribution >= 0.6 is 0 Å². The Morgan fingerprint density at radius 2 is 1.85 bits per heavy atom. The van der Waals surface area contributed by atoms with Gasteiger partial charge in [0.15, 0.2) is 11.9 Å². The van der Waals surface area contributed by atoms with Crippen molar-refractivity contribution >= 4 is 16.8 Å². The Bertz CT molecular complexity index is 740. The minimum atomic E-state index is -0.536. The third-order valence-corrected chi connectivity index (χ3v) is 3.53. The van der Waals surface area contributed by atoms with E-state index >= 15 is 0 Å². The zero-order chi connectivity index (χ0) is 15.0. The maximum atomic E-state index is 11.7. The summed E-state index contributed by atoms with van der Waals surface area (Å²) in [5.41, 5.74) is 2.44. The van der Waals surface area contributed by atoms with Crippen LogP contribution in [0.3, 0.4) is 0 Å². The molecule has 20 heavy (non-hydrogen) atoms. The lowest BCUT2D eigenvalue weighted by Gasteiger charge is -2.16. The van der Waals surface area contributed by atoms with Crippen LogP contribution in [0.2, 0.25) is 0 Å². The highest BCUT2D eigenvalue weighted by molar-refractivity contribution is 5.89. The molecule has 0 fully saturated rings. The summed E-state index contributed by atoms with van der Waals surface area (Å²) in [6.45, 7) is 8.66. The minimum Gasteiger partial charge on any atom is -0.482 e. The molecule has 1 heterocycles. The average molecular weight is 274 g/mol. The third-order valence-electron chi connectivity index (χ3n) is 3.53. The summed E-state index contributed by atoms with van der Waals surface area (Å²) < 4.78 is 11.1. The number of fused-ring (bicyclic) bond motifs is 1. The molecule has 0 saturated heterocycles. The van der Waals surface area contributed by atoms with E-state index in [2.05, 4.69) is 0 Å². The zero-order valence-corrected chi connectivity index (χ0v) is 12.4. The SMILES string of the molecule is CC(=O)[C@H](C)Oc1cc(C)cc2oc(=O)c(C)c(C)c12. The number of benzene rings is 1. The van der Waals surface area contributed by atoms with Gasteiger partial charge in [-0.15, -0.1) is 0 Å². The number of ether oxygens (including phenoxy) is 1. The standard InChI is InChI=1S/C16H18O4/c1-8-6-13(19-12(5)11(4)17)15-9(2)10(3)16(18)20-14(15)7-8/h6-7,12H,1-5H3/t12-/m0/s1. The maximum Gasteiger partial charge on any atom is 0.339 e. The highest BCUT2D eigenvalue weighted by Gasteiger charge is 2.16. The van der Waals surface area contributed by atoms with Crippen LogP contribution < -0.4 is 10.4 Å². The number of carbonyl (C=O) groups excluding carboxylic acids is 1. The molecule has 1 aromatic carbocycles. The van der Waals surface area contributed by atoms with E-state index < -0.39 is 6.10 Å². The first kappa shape index (κ1) is 14.3. The minimum absolute atomic E-state index is 0.0496. The molecule has 0 aliphatic rings. The number of Topliss-reactive ketones (excluding diaryl/α,β-unsaturated/α-hetero) is 1. The Balaban J connectivity index is 2.73. The van der Waals surface area contributed by atoms with Crippen LogP contribution in [0, 0.1) is 20.8 Å². The first-order chi connectivity index (χ1) is 9.31. The molecule has 0 unspecified atom stereocenters. The van der Waals surface area contributed by atoms with Gasteiger partial charge in [-0.2, -0.15) is 0 Å². The Hall–Kier alpha value is -2.10. The van der Waals surface area contributed by atoms with E-state index in [1.165, 1.54) is 6.92 Å². The van der Waals surface area contributed by atoms with Gasteiger partial charge in [-0.1, -0.05) is 0 Å². The van der Waals surface area contributed by atoms with Crippen molar-refractivity contribution in [2.45, 2.75) is 40.7 Å². The van der Waals surface area contributed by atoms with Crippen molar-refractivity contribution in [3.05, 3.63) is 39.2 Å². The molecule has 0 bridgehead atoms. The Morgan fingerprint density at radius 3 is 2.45 bits per heavy atom. The number of carbonyl (C=O) groups is 1. The number of hydrogen-bond acceptors (Lipinski definition) is 4. The van der Waals surface area contributed by atoms with Crippen LogP contribution in [0.15, 0.2) is 21.3 Å². The molecule has 106 valence electrons. The molecule has 2 rings (SSSR count). The van der Waals surface area contributed by atoms with Gasteiger partial charge in [0.2, 0.25) is 0 Å². The molecule has 0 aliphatic carbocycles. The fraction of sp³-hybridized carbons (Fsp3) is 0.375. The van der Waals surface area contributed by atoms with Gasteiger partial charge in [0.05, 0.1) is 5.39 Å². The van der Waals surface area contributed by atoms with Crippen LogP contribution in [0.1, 0.15) is 30.5 Å². The van der Waals surface area contributed by atoms with Crippen molar-refractivity contribution < 1.29 is 13.9 Å². The van der Waals surface area contributed by atoms with Gasteiger partial charge >= 0.3 is 5.63 Å². The van der Waals surface area contributed by atoms with Gasteiger partial charge in [-0.3, -0.25) is 4.79 Å². The molecular formula is C16H18O4. The van der Waals surface area contributed by atoms with Crippen molar-refractivity contribution in [3.63, 3.8) is 0 Å². The molecule has 0 aliphatic heterocycles. The van der Waals surface area contributed by atoms with Crippen LogP contribution in [0.25, 0.3) is 11.0 Å². The van der Waals surface area contributed by atoms with Gasteiger partial charge in [-0.25, -0.2) is 4.79 Å². The summed E-state index contributed by atoms with van der Waals surface area (Å²) in [7, 11) is 0. The lowest BCUT2D eigenvalue weighted by Crippen LogP contribution is -2.21. The maximum absolute atomic E-state index is 11.7. The first-order valence-corrected chi connectivity index (χ1v) is 6.53. The lowest BCUT2D eigenvalue weighted by atomic mass is 10.0. The van der Waals surface area contributed by atoms with Crippen LogP contribution in [-0.4, -0.2) is 11.9 Å².